The molecule has 78 valence electrons. The minimum absolute atomic E-state index is 0.160. The summed E-state index contributed by atoms with van der Waals surface area (Å²) in [6.45, 7) is 1.80. The van der Waals surface area contributed by atoms with E-state index < -0.39 is 3.79 Å². The topological polar surface area (TPSA) is 37.8 Å². The molecule has 14 heavy (non-hydrogen) atoms. The van der Waals surface area contributed by atoms with Crippen LogP contribution < -0.4 is 5.32 Å². The third-order valence-electron chi connectivity index (χ3n) is 1.51. The van der Waals surface area contributed by atoms with Crippen molar-refractivity contribution in [2.45, 2.75) is 10.7 Å². The highest BCUT2D eigenvalue weighted by Crippen LogP contribution is 2.37. The summed E-state index contributed by atoms with van der Waals surface area (Å²) in [6.07, 6.45) is 0. The van der Waals surface area contributed by atoms with Gasteiger partial charge < -0.3 is 5.32 Å². The Morgan fingerprint density at radius 1 is 1.29 bits per heavy atom. The average molecular weight is 319 g/mol. The van der Waals surface area contributed by atoms with Crippen LogP contribution in [0.3, 0.4) is 0 Å². The zero-order chi connectivity index (χ0) is 10.9. The molecule has 0 aliphatic rings. The van der Waals surface area contributed by atoms with Crippen LogP contribution in [0.4, 0.5) is 5.82 Å². The van der Waals surface area contributed by atoms with E-state index in [1.165, 1.54) is 0 Å². The van der Waals surface area contributed by atoms with Gasteiger partial charge in [-0.1, -0.05) is 34.8 Å². The Morgan fingerprint density at radius 2 is 1.86 bits per heavy atom. The lowest BCUT2D eigenvalue weighted by atomic mass is 10.4. The molecule has 0 saturated heterocycles. The number of alkyl halides is 3. The second-order valence-electron chi connectivity index (χ2n) is 2.54. The predicted molar refractivity (Wildman–Crippen MR) is 63.3 cm³/mol. The Kier molecular flexibility index (Phi) is 3.86. The maximum Gasteiger partial charge on any atom is 0.250 e. The number of nitrogens with zero attached hydrogens (tertiary/aromatic N) is 2. The molecule has 0 unspecified atom stereocenters. The van der Waals surface area contributed by atoms with Crippen LogP contribution in [0.1, 0.15) is 11.5 Å². The Labute approximate surface area is 105 Å². The normalized spacial score (nSPS) is 11.6. The quantitative estimate of drug-likeness (QED) is 0.806. The van der Waals surface area contributed by atoms with E-state index in [4.69, 9.17) is 34.8 Å². The van der Waals surface area contributed by atoms with Crippen LogP contribution in [0, 0.1) is 6.92 Å². The second-order valence-corrected chi connectivity index (χ2v) is 5.62. The van der Waals surface area contributed by atoms with Crippen molar-refractivity contribution in [3.05, 3.63) is 16.0 Å². The van der Waals surface area contributed by atoms with Gasteiger partial charge in [-0.3, -0.25) is 0 Å². The van der Waals surface area contributed by atoms with E-state index in [0.717, 1.165) is 4.47 Å². The summed E-state index contributed by atoms with van der Waals surface area (Å²) >= 11 is 20.3. The van der Waals surface area contributed by atoms with E-state index >= 15 is 0 Å². The molecule has 0 aliphatic carbocycles. The fourth-order valence-corrected chi connectivity index (χ4v) is 1.48. The Bertz CT molecular complexity index is 351. The molecule has 0 spiro atoms. The standard InChI is InChI=1S/C7H7BrCl3N3/c1-3-4(8)5(12-2)14-6(13-3)7(9,10)11/h1-2H3,(H,12,13,14). The lowest BCUT2D eigenvalue weighted by Gasteiger charge is -2.13. The molecule has 7 heteroatoms. The van der Waals surface area contributed by atoms with Gasteiger partial charge in [0.15, 0.2) is 5.82 Å². The fraction of sp³-hybridized carbons (Fsp3) is 0.429. The highest BCUT2D eigenvalue weighted by atomic mass is 79.9. The van der Waals surface area contributed by atoms with Crippen LogP contribution in [-0.2, 0) is 3.79 Å². The first-order valence-electron chi connectivity index (χ1n) is 3.65. The molecule has 1 N–H and O–H groups in total. The highest BCUT2D eigenvalue weighted by molar-refractivity contribution is 9.10. The minimum Gasteiger partial charge on any atom is -0.372 e. The first kappa shape index (κ1) is 12.3. The Morgan fingerprint density at radius 3 is 2.29 bits per heavy atom. The van der Waals surface area contributed by atoms with Crippen molar-refractivity contribution in [2.24, 2.45) is 0 Å². The zero-order valence-corrected chi connectivity index (χ0v) is 11.3. The molecule has 0 aromatic carbocycles. The average Bonchev–Trinajstić information content (AvgIpc) is 2.07. The lowest BCUT2D eigenvalue weighted by Crippen LogP contribution is -2.11. The zero-order valence-electron chi connectivity index (χ0n) is 7.41. The van der Waals surface area contributed by atoms with E-state index in [-0.39, 0.29) is 5.82 Å². The summed E-state index contributed by atoms with van der Waals surface area (Å²) in [5, 5.41) is 2.87. The molecule has 1 rings (SSSR count). The van der Waals surface area contributed by atoms with Crippen molar-refractivity contribution < 1.29 is 0 Å². The van der Waals surface area contributed by atoms with Gasteiger partial charge in [-0.2, -0.15) is 0 Å². The van der Waals surface area contributed by atoms with Crippen LogP contribution in [0.5, 0.6) is 0 Å². The maximum atomic E-state index is 5.67. The summed E-state index contributed by atoms with van der Waals surface area (Å²) in [4.78, 5) is 8.12. The third-order valence-corrected chi connectivity index (χ3v) is 2.96. The molecule has 0 aliphatic heterocycles. The predicted octanol–water partition coefficient (Wildman–Crippen LogP) is 3.42. The van der Waals surface area contributed by atoms with Crippen molar-refractivity contribution in [2.75, 3.05) is 12.4 Å². The molecule has 0 fully saturated rings. The van der Waals surface area contributed by atoms with Gasteiger partial charge in [0.05, 0.1) is 10.2 Å². The van der Waals surface area contributed by atoms with Gasteiger partial charge in [0.25, 0.3) is 0 Å². The van der Waals surface area contributed by atoms with Crippen LogP contribution in [0.25, 0.3) is 0 Å². The van der Waals surface area contributed by atoms with E-state index in [1.54, 1.807) is 14.0 Å². The van der Waals surface area contributed by atoms with Crippen LogP contribution in [0.2, 0.25) is 0 Å². The monoisotopic (exact) mass is 317 g/mol. The van der Waals surface area contributed by atoms with E-state index in [9.17, 15) is 0 Å². The van der Waals surface area contributed by atoms with Gasteiger partial charge >= 0.3 is 0 Å². The number of halogens is 4. The number of hydrogen-bond donors (Lipinski definition) is 1. The summed E-state index contributed by atoms with van der Waals surface area (Å²) in [7, 11) is 1.73. The van der Waals surface area contributed by atoms with E-state index in [0.29, 0.717) is 11.5 Å². The van der Waals surface area contributed by atoms with E-state index in [2.05, 4.69) is 31.2 Å². The molecule has 0 saturated carbocycles. The van der Waals surface area contributed by atoms with Crippen molar-refractivity contribution >= 4 is 56.6 Å². The molecule has 0 radical (unpaired) electrons. The van der Waals surface area contributed by atoms with Crippen molar-refractivity contribution in [1.82, 2.24) is 9.97 Å². The number of nitrogens with one attached hydrogen (secondary N) is 1. The number of aromatic nitrogens is 2. The van der Waals surface area contributed by atoms with Crippen molar-refractivity contribution in [3.63, 3.8) is 0 Å². The molecular weight excluding hydrogens is 312 g/mol. The molecule has 0 amide bonds. The van der Waals surface area contributed by atoms with E-state index in [1.807, 2.05) is 0 Å². The van der Waals surface area contributed by atoms with Gasteiger partial charge in [0.1, 0.15) is 5.82 Å². The molecule has 0 bridgehead atoms. The van der Waals surface area contributed by atoms with Gasteiger partial charge in [-0.25, -0.2) is 9.97 Å². The lowest BCUT2D eigenvalue weighted by molar-refractivity contribution is 0.936. The molecule has 1 heterocycles. The molecule has 0 atom stereocenters. The summed E-state index contributed by atoms with van der Waals surface area (Å²) in [6, 6.07) is 0. The van der Waals surface area contributed by atoms with Crippen LogP contribution in [0.15, 0.2) is 4.47 Å². The minimum atomic E-state index is -1.60. The van der Waals surface area contributed by atoms with Gasteiger partial charge in [0.2, 0.25) is 3.79 Å². The molecule has 3 nitrogen and oxygen atoms in total. The first-order chi connectivity index (χ1) is 6.36. The molecular formula is C7H7BrCl3N3. The second kappa shape index (κ2) is 4.39. The van der Waals surface area contributed by atoms with Gasteiger partial charge in [-0.15, -0.1) is 0 Å². The third kappa shape index (κ3) is 2.63. The van der Waals surface area contributed by atoms with Gasteiger partial charge in [-0.05, 0) is 22.9 Å². The number of aryl methyl sites for hydroxylation is 1. The number of anilines is 1. The summed E-state index contributed by atoms with van der Waals surface area (Å²) in [5.41, 5.74) is 0.714. The molecule has 1 aromatic rings. The number of hydrogen-bond acceptors (Lipinski definition) is 3. The van der Waals surface area contributed by atoms with Gasteiger partial charge in [0, 0.05) is 7.05 Å². The Hall–Kier alpha value is 0.230. The largest absolute Gasteiger partial charge is 0.372 e. The van der Waals surface area contributed by atoms with Crippen molar-refractivity contribution in [1.29, 1.82) is 0 Å². The Balaban J connectivity index is 3.30. The maximum absolute atomic E-state index is 5.67. The SMILES string of the molecule is CNc1nc(C(Cl)(Cl)Cl)nc(C)c1Br. The highest BCUT2D eigenvalue weighted by Gasteiger charge is 2.28. The van der Waals surface area contributed by atoms with Crippen molar-refractivity contribution in [3.8, 4) is 0 Å². The smallest absolute Gasteiger partial charge is 0.250 e. The molecule has 1 aromatic heterocycles. The summed E-state index contributed by atoms with van der Waals surface area (Å²) < 4.78 is -0.838. The summed E-state index contributed by atoms with van der Waals surface area (Å²) in [5.74, 6) is 0.756. The first-order valence-corrected chi connectivity index (χ1v) is 5.58. The van der Waals surface area contributed by atoms with Crippen LogP contribution in [-0.4, -0.2) is 17.0 Å². The number of rotatable bonds is 1. The van der Waals surface area contributed by atoms with Crippen LogP contribution >= 0.6 is 50.7 Å². The fourth-order valence-electron chi connectivity index (χ4n) is 0.852.